The number of aliphatic hydroxyl groups excluding tert-OH is 18. The van der Waals surface area contributed by atoms with E-state index in [9.17, 15) is 96.7 Å². The van der Waals surface area contributed by atoms with Gasteiger partial charge in [0.05, 0.1) is 57.5 Å². The second-order valence-corrected chi connectivity index (χ2v) is 31.1. The molecule has 39 unspecified atom stereocenters. The highest BCUT2D eigenvalue weighted by Crippen LogP contribution is 2.80. The fourth-order valence-electron chi connectivity index (χ4n) is 20.1. The van der Waals surface area contributed by atoms with Crippen LogP contribution in [0.3, 0.4) is 0 Å². The summed E-state index contributed by atoms with van der Waals surface area (Å²) < 4.78 is 80.1. The van der Waals surface area contributed by atoms with Gasteiger partial charge in [-0.15, -0.1) is 0 Å². The molecule has 0 aromatic carbocycles. The summed E-state index contributed by atoms with van der Waals surface area (Å²) in [6.07, 6.45) is -46.9. The van der Waals surface area contributed by atoms with Crippen molar-refractivity contribution in [3.05, 3.63) is 0 Å². The molecule has 39 atom stereocenters. The lowest BCUT2D eigenvalue weighted by molar-refractivity contribution is -0.412. The maximum atomic E-state index is 12.8. The van der Waals surface area contributed by atoms with Crippen molar-refractivity contribution in [1.82, 2.24) is 0 Å². The molecule has 5 saturated carbocycles. The number of aliphatic hydroxyl groups is 18. The van der Waals surface area contributed by atoms with Crippen LogP contribution in [0.15, 0.2) is 0 Å². The van der Waals surface area contributed by atoms with Crippen LogP contribution >= 0.6 is 0 Å². The van der Waals surface area contributed by atoms with Crippen molar-refractivity contribution >= 4 is 6.29 Å². The fraction of sp³-hybridized carbons (Fsp3) is 0.984. The van der Waals surface area contributed by atoms with Crippen molar-refractivity contribution in [2.24, 2.45) is 50.2 Å². The number of aldehydes is 1. The van der Waals surface area contributed by atoms with E-state index >= 15 is 0 Å². The number of hydrogen-bond acceptors (Lipinski definition) is 32. The van der Waals surface area contributed by atoms with Gasteiger partial charge in [-0.05, 0) is 98.2 Å². The summed E-state index contributed by atoms with van der Waals surface area (Å²) in [5.74, 6) is 0.209. The Bertz CT molecular complexity index is 2650. The molecule has 32 heteroatoms. The van der Waals surface area contributed by atoms with Crippen LogP contribution in [0.25, 0.3) is 0 Å². The van der Waals surface area contributed by atoms with E-state index in [1.54, 1.807) is 0 Å². The molecule has 7 heterocycles. The van der Waals surface area contributed by atoms with Crippen LogP contribution in [-0.4, -0.2) is 328 Å². The zero-order valence-electron chi connectivity index (χ0n) is 54.2. The SMILES string of the molecule is CC1(C=O)CCC23COC4(CCC5C6(C)CCC(OC7OCC(OC8OC(CO)C(O)C(OC9OC(O)C(O)C(O)C9O)C8OC8OCC(O)C(OC9OC(CO)C(O)C(O)C9O)C8O)C(O)C7OC7OC(CO)C(O)C(O)C7O)C(C)(C)C6CCC5(C)C4(C)CC2O)C3C1. The predicted octanol–water partition coefficient (Wildman–Crippen LogP) is -6.29. The maximum Gasteiger partial charge on any atom is 0.189 e. The van der Waals surface area contributed by atoms with E-state index in [4.69, 9.17) is 61.6 Å². The lowest BCUT2D eigenvalue weighted by atomic mass is 9.30. The molecule has 0 radical (unpaired) electrons. The average Bonchev–Trinajstić information content (AvgIpc) is 1.61. The van der Waals surface area contributed by atoms with E-state index in [-0.39, 0.29) is 28.6 Å². The molecule has 12 rings (SSSR count). The van der Waals surface area contributed by atoms with Crippen molar-refractivity contribution in [3.63, 3.8) is 0 Å². The van der Waals surface area contributed by atoms with Gasteiger partial charge in [0.2, 0.25) is 0 Å². The standard InChI is InChI=1S/C63H102O32/c1-57(2)29-7-11-60(5)30(8-12-63-31-15-58(3,22-67)13-14-62(31,23-85-63)32(69)16-61(60,63)6)59(29,4)10-9-33(57)90-55-48(93-53-43(79)39(75)35(71)26(18-65)87-53)37(73)28(21-84-55)89-56-49(47(36(72)27(19-66)88-56)92-54-44(80)40(76)41(77)50(82)95-54)94-51-45(81)46(24(68)20-83-51)91-52-42(78)38(74)34(70)25(17-64)86-52/h22,24-56,64-66,68-82H,7-21,23H2,1-6H3. The second-order valence-electron chi connectivity index (χ2n) is 31.1. The minimum absolute atomic E-state index is 0.0133. The number of carbonyl (C=O) groups excluding carboxylic acids is 1. The number of rotatable bonds is 16. The lowest BCUT2D eigenvalue weighted by Crippen LogP contribution is -2.74. The Morgan fingerprint density at radius 1 is 0.442 bits per heavy atom. The molecule has 2 bridgehead atoms. The van der Waals surface area contributed by atoms with Crippen molar-refractivity contribution in [3.8, 4) is 0 Å². The van der Waals surface area contributed by atoms with Crippen LogP contribution in [-0.2, 0) is 66.4 Å². The van der Waals surface area contributed by atoms with E-state index in [0.29, 0.717) is 38.7 Å². The molecule has 0 amide bonds. The topological polar surface area (TPSA) is 501 Å². The highest BCUT2D eigenvalue weighted by Gasteiger charge is 2.80. The Kier molecular flexibility index (Phi) is 20.7. The number of hydrogen-bond donors (Lipinski definition) is 18. The Balaban J connectivity index is 0.823. The normalized spacial score (nSPS) is 57.7. The number of ether oxygens (including phenoxy) is 13. The Labute approximate surface area is 548 Å². The molecule has 95 heavy (non-hydrogen) atoms. The molecule has 7 saturated heterocycles. The van der Waals surface area contributed by atoms with Crippen LogP contribution in [0, 0.1) is 50.2 Å². The highest BCUT2D eigenvalue weighted by molar-refractivity contribution is 5.59. The van der Waals surface area contributed by atoms with E-state index in [1.165, 1.54) is 0 Å². The second kappa shape index (κ2) is 26.9. The van der Waals surface area contributed by atoms with Gasteiger partial charge < -0.3 is 158 Å². The number of fused-ring (bicyclic) bond motifs is 4. The van der Waals surface area contributed by atoms with Crippen LogP contribution in [0.1, 0.15) is 106 Å². The minimum atomic E-state index is -2.20. The van der Waals surface area contributed by atoms with Gasteiger partial charge in [0.1, 0.15) is 134 Å². The third-order valence-electron chi connectivity index (χ3n) is 25.9. The predicted molar refractivity (Wildman–Crippen MR) is 311 cm³/mol. The van der Waals surface area contributed by atoms with Crippen LogP contribution < -0.4 is 0 Å². The molecule has 18 N–H and O–H groups in total. The molecule has 0 aromatic rings. The van der Waals surface area contributed by atoms with E-state index in [0.717, 1.165) is 38.4 Å². The van der Waals surface area contributed by atoms with Crippen molar-refractivity contribution in [2.45, 2.75) is 296 Å². The summed E-state index contributed by atoms with van der Waals surface area (Å²) in [7, 11) is 0. The summed E-state index contributed by atoms with van der Waals surface area (Å²) in [4.78, 5) is 12.7. The minimum Gasteiger partial charge on any atom is -0.394 e. The highest BCUT2D eigenvalue weighted by atomic mass is 16.8. The molecular formula is C63H102O32. The van der Waals surface area contributed by atoms with Gasteiger partial charge in [0.15, 0.2) is 44.0 Å². The van der Waals surface area contributed by atoms with Gasteiger partial charge in [-0.2, -0.15) is 0 Å². The van der Waals surface area contributed by atoms with Crippen LogP contribution in [0.5, 0.6) is 0 Å². The first-order chi connectivity index (χ1) is 44.7. The van der Waals surface area contributed by atoms with Gasteiger partial charge in [-0.25, -0.2) is 0 Å². The number of carbonyl (C=O) groups is 1. The monoisotopic (exact) mass is 1370 g/mol. The molecule has 1 spiro atoms. The lowest BCUT2D eigenvalue weighted by Gasteiger charge is -2.75. The molecule has 0 aromatic heterocycles. The molecule has 7 aliphatic heterocycles. The van der Waals surface area contributed by atoms with E-state index in [2.05, 4.69) is 34.6 Å². The first-order valence-corrected chi connectivity index (χ1v) is 33.7. The Hall–Kier alpha value is -1.57. The molecular weight excluding hydrogens is 1270 g/mol. The van der Waals surface area contributed by atoms with Gasteiger partial charge in [0, 0.05) is 16.2 Å². The summed E-state index contributed by atoms with van der Waals surface area (Å²) >= 11 is 0. The molecule has 546 valence electrons. The zero-order chi connectivity index (χ0) is 68.8. The van der Waals surface area contributed by atoms with Crippen molar-refractivity contribution in [2.75, 3.05) is 39.6 Å². The first-order valence-electron chi connectivity index (χ1n) is 33.7. The van der Waals surface area contributed by atoms with Gasteiger partial charge in [-0.1, -0.05) is 41.5 Å². The van der Waals surface area contributed by atoms with E-state index < -0.39 is 245 Å². The quantitative estimate of drug-likeness (QED) is 0.0505. The molecule has 5 aliphatic carbocycles. The average molecular weight is 1370 g/mol. The molecule has 12 fully saturated rings. The van der Waals surface area contributed by atoms with Crippen molar-refractivity contribution in [1.29, 1.82) is 0 Å². The third kappa shape index (κ3) is 11.8. The maximum absolute atomic E-state index is 12.8. The third-order valence-corrected chi connectivity index (χ3v) is 25.9. The molecule has 12 aliphatic rings. The Morgan fingerprint density at radius 2 is 0.989 bits per heavy atom. The summed E-state index contributed by atoms with van der Waals surface area (Å²) in [5, 5.41) is 199. The van der Waals surface area contributed by atoms with Crippen LogP contribution in [0.4, 0.5) is 0 Å². The summed E-state index contributed by atoms with van der Waals surface area (Å²) in [6.45, 7) is 9.75. The summed E-state index contributed by atoms with van der Waals surface area (Å²) in [6, 6.07) is 0. The van der Waals surface area contributed by atoms with E-state index in [1.807, 2.05) is 6.92 Å². The fourth-order valence-corrected chi connectivity index (χ4v) is 20.1. The van der Waals surface area contributed by atoms with Gasteiger partial charge >= 0.3 is 0 Å². The Morgan fingerprint density at radius 3 is 1.61 bits per heavy atom. The first kappa shape index (κ1) is 73.2. The molecule has 32 nitrogen and oxygen atoms in total. The van der Waals surface area contributed by atoms with Crippen LogP contribution in [0.2, 0.25) is 0 Å². The zero-order valence-corrected chi connectivity index (χ0v) is 54.2. The summed E-state index contributed by atoms with van der Waals surface area (Å²) in [5.41, 5.74) is -3.12. The largest absolute Gasteiger partial charge is 0.394 e. The van der Waals surface area contributed by atoms with Gasteiger partial charge in [-0.3, -0.25) is 0 Å². The van der Waals surface area contributed by atoms with Crippen molar-refractivity contribution < 1.29 is 158 Å². The smallest absolute Gasteiger partial charge is 0.189 e. The van der Waals surface area contributed by atoms with Gasteiger partial charge in [0.25, 0.3) is 0 Å².